The van der Waals surface area contributed by atoms with E-state index in [1.165, 1.54) is 13.8 Å². The second-order valence-electron chi connectivity index (χ2n) is 10.0. The number of aromatic nitrogens is 1. The van der Waals surface area contributed by atoms with Crippen LogP contribution in [0.2, 0.25) is 0 Å². The molecule has 0 bridgehead atoms. The number of amidine groups is 1. The molecule has 1 aromatic rings. The fourth-order valence-electron chi connectivity index (χ4n) is 5.96. The maximum absolute atomic E-state index is 12.1. The van der Waals surface area contributed by atoms with Crippen molar-refractivity contribution in [3.8, 4) is 0 Å². The van der Waals surface area contributed by atoms with Gasteiger partial charge in [-0.15, -0.1) is 0 Å². The van der Waals surface area contributed by atoms with Crippen molar-refractivity contribution in [2.45, 2.75) is 69.6 Å². The Balaban J connectivity index is 1.67. The number of piperidine rings is 1. The fourth-order valence-corrected chi connectivity index (χ4v) is 5.96. The molecule has 4 heterocycles. The molecule has 0 aliphatic carbocycles. The zero-order valence-corrected chi connectivity index (χ0v) is 21.7. The standard InChI is InChI=1S/C25H38N6O5/c1-16(32)34-20-19(15-30-11-6-8-25(30)9-13-29(5)14-10-25)36-24(21(20)35-17(2)33)31-12-7-18(22(26)27-3)23(31)28-4/h7,12,19-21,24H,4,6,8-11,13-15H2,1-3,5H3,(H2,26,27)/t19-,20-,21-,24-/m1/s1. The summed E-state index contributed by atoms with van der Waals surface area (Å²) in [4.78, 5) is 37.3. The number of hydrogen-bond acceptors (Lipinski definition) is 9. The molecule has 11 heteroatoms. The van der Waals surface area contributed by atoms with Gasteiger partial charge in [-0.2, -0.15) is 0 Å². The van der Waals surface area contributed by atoms with E-state index in [4.69, 9.17) is 19.9 Å². The molecule has 1 aromatic heterocycles. The fraction of sp³-hybridized carbons (Fsp3) is 0.680. The number of carbonyl (C=O) groups excluding carboxylic acids is 2. The van der Waals surface area contributed by atoms with Crippen molar-refractivity contribution in [2.75, 3.05) is 40.3 Å². The Morgan fingerprint density at radius 3 is 2.44 bits per heavy atom. The topological polar surface area (TPSA) is 124 Å². The van der Waals surface area contributed by atoms with Gasteiger partial charge < -0.3 is 29.4 Å². The Hall–Kier alpha value is -2.76. The Bertz CT molecular complexity index is 1010. The lowest BCUT2D eigenvalue weighted by Crippen LogP contribution is -2.54. The predicted molar refractivity (Wildman–Crippen MR) is 136 cm³/mol. The molecule has 3 fully saturated rings. The Kier molecular flexibility index (Phi) is 7.82. The van der Waals surface area contributed by atoms with Gasteiger partial charge in [0.1, 0.15) is 17.8 Å². The summed E-state index contributed by atoms with van der Waals surface area (Å²) in [5.41, 5.74) is 6.77. The van der Waals surface area contributed by atoms with Gasteiger partial charge in [0.15, 0.2) is 18.4 Å². The van der Waals surface area contributed by atoms with E-state index in [9.17, 15) is 9.59 Å². The van der Waals surface area contributed by atoms with Crippen LogP contribution in [0, 0.1) is 0 Å². The molecule has 198 valence electrons. The maximum Gasteiger partial charge on any atom is 0.303 e. The van der Waals surface area contributed by atoms with E-state index in [-0.39, 0.29) is 5.54 Å². The number of rotatable bonds is 7. The Labute approximate surface area is 212 Å². The van der Waals surface area contributed by atoms with Crippen LogP contribution in [-0.2, 0) is 23.8 Å². The summed E-state index contributed by atoms with van der Waals surface area (Å²) >= 11 is 0. The van der Waals surface area contributed by atoms with E-state index in [1.54, 1.807) is 23.9 Å². The molecule has 4 rings (SSSR count). The van der Waals surface area contributed by atoms with Crippen LogP contribution >= 0.6 is 0 Å². The summed E-state index contributed by atoms with van der Waals surface area (Å²) in [6.45, 7) is 10.00. The third-order valence-electron chi connectivity index (χ3n) is 7.78. The highest BCUT2D eigenvalue weighted by Gasteiger charge is 2.53. The van der Waals surface area contributed by atoms with Crippen molar-refractivity contribution in [3.63, 3.8) is 0 Å². The first-order valence-corrected chi connectivity index (χ1v) is 12.5. The highest BCUT2D eigenvalue weighted by atomic mass is 16.6. The van der Waals surface area contributed by atoms with Gasteiger partial charge in [-0.05, 0) is 65.1 Å². The molecule has 0 amide bonds. The van der Waals surface area contributed by atoms with Crippen LogP contribution in [0.15, 0.2) is 22.2 Å². The van der Waals surface area contributed by atoms with Gasteiger partial charge in [0, 0.05) is 39.2 Å². The largest absolute Gasteiger partial charge is 0.456 e. The second kappa shape index (κ2) is 10.7. The van der Waals surface area contributed by atoms with Crippen molar-refractivity contribution in [3.05, 3.63) is 17.8 Å². The molecular formula is C25H38N6O5. The SMILES string of the molecule is C=Nc1c(/C(N)=N\C)ccn1[C@@H]1O[C@H](CN2CCCC23CCN(C)CC3)[C@@H](OC(C)=O)[C@H]1OC(C)=O. The third-order valence-corrected chi connectivity index (χ3v) is 7.78. The van der Waals surface area contributed by atoms with Crippen LogP contribution in [0.1, 0.15) is 51.3 Å². The monoisotopic (exact) mass is 502 g/mol. The summed E-state index contributed by atoms with van der Waals surface area (Å²) in [6.07, 6.45) is 3.26. The molecule has 36 heavy (non-hydrogen) atoms. The minimum Gasteiger partial charge on any atom is -0.456 e. The number of nitrogens with zero attached hydrogens (tertiary/aromatic N) is 5. The predicted octanol–water partition coefficient (Wildman–Crippen LogP) is 1.48. The van der Waals surface area contributed by atoms with E-state index >= 15 is 0 Å². The normalized spacial score (nSPS) is 28.9. The van der Waals surface area contributed by atoms with Crippen molar-refractivity contribution in [1.82, 2.24) is 14.4 Å². The molecule has 3 aliphatic rings. The molecule has 0 radical (unpaired) electrons. The quantitative estimate of drug-likeness (QED) is 0.338. The minimum atomic E-state index is -0.868. The van der Waals surface area contributed by atoms with Gasteiger partial charge in [0.05, 0.1) is 5.56 Å². The average molecular weight is 503 g/mol. The summed E-state index contributed by atoms with van der Waals surface area (Å²) < 4.78 is 19.8. The molecule has 3 aliphatic heterocycles. The van der Waals surface area contributed by atoms with E-state index in [1.807, 2.05) is 0 Å². The van der Waals surface area contributed by atoms with Gasteiger partial charge in [-0.1, -0.05) is 0 Å². The van der Waals surface area contributed by atoms with Gasteiger partial charge >= 0.3 is 11.9 Å². The summed E-state index contributed by atoms with van der Waals surface area (Å²) in [5.74, 6) is -0.211. The molecule has 1 spiro atoms. The van der Waals surface area contributed by atoms with E-state index in [0.29, 0.717) is 23.8 Å². The zero-order chi connectivity index (χ0) is 26.0. The van der Waals surface area contributed by atoms with E-state index in [0.717, 1.165) is 45.3 Å². The smallest absolute Gasteiger partial charge is 0.303 e. The molecule has 2 N–H and O–H groups in total. The zero-order valence-electron chi connectivity index (χ0n) is 21.7. The van der Waals surface area contributed by atoms with Crippen molar-refractivity contribution in [1.29, 1.82) is 0 Å². The van der Waals surface area contributed by atoms with Crippen LogP contribution in [0.4, 0.5) is 5.82 Å². The lowest BCUT2D eigenvalue weighted by molar-refractivity contribution is -0.165. The summed E-state index contributed by atoms with van der Waals surface area (Å²) in [5, 5.41) is 0. The number of likely N-dealkylation sites (tertiary alicyclic amines) is 2. The minimum absolute atomic E-state index is 0.117. The van der Waals surface area contributed by atoms with Crippen molar-refractivity contribution >= 4 is 30.3 Å². The number of hydrogen-bond donors (Lipinski definition) is 1. The second-order valence-corrected chi connectivity index (χ2v) is 10.0. The molecule has 11 nitrogen and oxygen atoms in total. The number of esters is 2. The molecule has 0 aromatic carbocycles. The summed E-state index contributed by atoms with van der Waals surface area (Å²) in [7, 11) is 3.75. The Morgan fingerprint density at radius 2 is 1.83 bits per heavy atom. The van der Waals surface area contributed by atoms with Crippen LogP contribution in [0.5, 0.6) is 0 Å². The van der Waals surface area contributed by atoms with Crippen LogP contribution in [0.3, 0.4) is 0 Å². The number of ether oxygens (including phenoxy) is 3. The van der Waals surface area contributed by atoms with Crippen LogP contribution in [0.25, 0.3) is 0 Å². The maximum atomic E-state index is 12.1. The lowest BCUT2D eigenvalue weighted by atomic mass is 9.85. The highest BCUT2D eigenvalue weighted by molar-refractivity contribution is 6.01. The molecular weight excluding hydrogens is 464 g/mol. The average Bonchev–Trinajstić information content (AvgIpc) is 3.52. The molecule has 0 saturated carbocycles. The third kappa shape index (κ3) is 5.05. The molecule has 0 unspecified atom stereocenters. The number of aliphatic imine (C=N–C) groups is 2. The van der Waals surface area contributed by atoms with E-state index < -0.39 is 36.5 Å². The van der Waals surface area contributed by atoms with Crippen molar-refractivity contribution in [2.24, 2.45) is 15.7 Å². The van der Waals surface area contributed by atoms with Gasteiger partial charge in [-0.25, -0.2) is 4.99 Å². The van der Waals surface area contributed by atoms with Crippen molar-refractivity contribution < 1.29 is 23.8 Å². The van der Waals surface area contributed by atoms with Gasteiger partial charge in [0.2, 0.25) is 0 Å². The van der Waals surface area contributed by atoms with Gasteiger partial charge in [-0.3, -0.25) is 19.5 Å². The Morgan fingerprint density at radius 1 is 1.17 bits per heavy atom. The van der Waals surface area contributed by atoms with Crippen LogP contribution < -0.4 is 5.73 Å². The lowest BCUT2D eigenvalue weighted by Gasteiger charge is -2.45. The van der Waals surface area contributed by atoms with Gasteiger partial charge in [0.25, 0.3) is 0 Å². The molecule has 3 saturated heterocycles. The molecule has 4 atom stereocenters. The first-order chi connectivity index (χ1) is 17.2. The summed E-state index contributed by atoms with van der Waals surface area (Å²) in [6, 6.07) is 1.77. The first-order valence-electron chi connectivity index (χ1n) is 12.5. The van der Waals surface area contributed by atoms with Crippen LogP contribution in [-0.4, -0.2) is 103 Å². The number of nitrogens with two attached hydrogens (primary N) is 1. The highest BCUT2D eigenvalue weighted by Crippen LogP contribution is 2.42. The van der Waals surface area contributed by atoms with E-state index in [2.05, 4.69) is 33.5 Å². The first kappa shape index (κ1) is 26.3. The number of carbonyl (C=O) groups is 2.